The minimum Gasteiger partial charge on any atom is -0.493 e. The van der Waals surface area contributed by atoms with Gasteiger partial charge in [0.1, 0.15) is 0 Å². The van der Waals surface area contributed by atoms with Crippen LogP contribution in [-0.4, -0.2) is 30.0 Å². The van der Waals surface area contributed by atoms with Crippen molar-refractivity contribution in [3.8, 4) is 5.75 Å². The molecular formula is C8H13N3O. The molecule has 4 heteroatoms. The van der Waals surface area contributed by atoms with Gasteiger partial charge in [0.15, 0.2) is 5.75 Å². The highest BCUT2D eigenvalue weighted by Gasteiger charge is 2.25. The van der Waals surface area contributed by atoms with Crippen LogP contribution in [0.3, 0.4) is 0 Å². The average Bonchev–Trinajstić information content (AvgIpc) is 2.30. The molecule has 0 spiro atoms. The van der Waals surface area contributed by atoms with Crippen molar-refractivity contribution in [3.63, 3.8) is 0 Å². The van der Waals surface area contributed by atoms with Gasteiger partial charge in [-0.1, -0.05) is 0 Å². The van der Waals surface area contributed by atoms with E-state index < -0.39 is 0 Å². The highest BCUT2D eigenvalue weighted by atomic mass is 16.5. The van der Waals surface area contributed by atoms with Crippen molar-refractivity contribution >= 4 is 0 Å². The number of rotatable bonds is 2. The van der Waals surface area contributed by atoms with Gasteiger partial charge >= 0.3 is 0 Å². The third-order valence-corrected chi connectivity index (χ3v) is 2.34. The first-order valence-electron chi connectivity index (χ1n) is 4.09. The van der Waals surface area contributed by atoms with Crippen molar-refractivity contribution < 1.29 is 4.74 Å². The Bertz CT molecular complexity index is 278. The summed E-state index contributed by atoms with van der Waals surface area (Å²) in [6.07, 6.45) is 1.77. The molecule has 1 aromatic heterocycles. The first-order valence-corrected chi connectivity index (χ1v) is 4.09. The Balaban J connectivity index is 2.31. The molecule has 0 atom stereocenters. The largest absolute Gasteiger partial charge is 0.493 e. The molecule has 1 aliphatic heterocycles. The van der Waals surface area contributed by atoms with Crippen molar-refractivity contribution in [2.24, 2.45) is 7.05 Å². The van der Waals surface area contributed by atoms with Crippen LogP contribution >= 0.6 is 0 Å². The molecule has 1 aliphatic rings. The van der Waals surface area contributed by atoms with E-state index in [-0.39, 0.29) is 0 Å². The first-order chi connectivity index (χ1) is 5.83. The summed E-state index contributed by atoms with van der Waals surface area (Å²) in [4.78, 5) is 0. The number of nitrogens with zero attached hydrogens (tertiary/aromatic N) is 2. The van der Waals surface area contributed by atoms with Crippen molar-refractivity contribution in [3.05, 3.63) is 11.9 Å². The van der Waals surface area contributed by atoms with E-state index in [1.54, 1.807) is 13.3 Å². The lowest BCUT2D eigenvalue weighted by molar-refractivity contribution is 0.375. The second kappa shape index (κ2) is 2.79. The van der Waals surface area contributed by atoms with E-state index in [4.69, 9.17) is 4.74 Å². The fraction of sp³-hybridized carbons (Fsp3) is 0.625. The first kappa shape index (κ1) is 7.61. The summed E-state index contributed by atoms with van der Waals surface area (Å²) < 4.78 is 7.11. The molecule has 1 aromatic rings. The maximum atomic E-state index is 5.21. The number of aryl methyl sites for hydroxylation is 1. The number of nitrogens with one attached hydrogen (secondary N) is 1. The molecule has 2 rings (SSSR count). The molecule has 0 aliphatic carbocycles. The van der Waals surface area contributed by atoms with Crippen LogP contribution in [0.25, 0.3) is 0 Å². The van der Waals surface area contributed by atoms with Crippen LogP contribution in [0, 0.1) is 0 Å². The van der Waals surface area contributed by atoms with Gasteiger partial charge in [0.2, 0.25) is 0 Å². The van der Waals surface area contributed by atoms with Gasteiger partial charge in [-0.05, 0) is 0 Å². The molecule has 1 saturated heterocycles. The van der Waals surface area contributed by atoms with E-state index in [1.807, 2.05) is 11.7 Å². The van der Waals surface area contributed by atoms with Crippen LogP contribution in [-0.2, 0) is 7.05 Å². The second-order valence-electron chi connectivity index (χ2n) is 3.08. The number of ether oxygens (including phenoxy) is 1. The number of hydrogen-bond acceptors (Lipinski definition) is 3. The molecule has 0 unspecified atom stereocenters. The standard InChI is InChI=1S/C8H13N3O/c1-11-8(6-3-9-4-6)7(12-2)5-10-11/h5-6,9H,3-4H2,1-2H3. The molecular weight excluding hydrogens is 154 g/mol. The summed E-state index contributed by atoms with van der Waals surface area (Å²) >= 11 is 0. The van der Waals surface area contributed by atoms with Gasteiger partial charge in [0.05, 0.1) is 19.0 Å². The average molecular weight is 167 g/mol. The molecule has 0 radical (unpaired) electrons. The van der Waals surface area contributed by atoms with E-state index in [0.29, 0.717) is 5.92 Å². The van der Waals surface area contributed by atoms with Gasteiger partial charge in [-0.25, -0.2) is 0 Å². The summed E-state index contributed by atoms with van der Waals surface area (Å²) in [5.41, 5.74) is 1.20. The van der Waals surface area contributed by atoms with Gasteiger partial charge in [-0.3, -0.25) is 4.68 Å². The van der Waals surface area contributed by atoms with E-state index in [0.717, 1.165) is 18.8 Å². The minimum absolute atomic E-state index is 0.576. The van der Waals surface area contributed by atoms with Gasteiger partial charge in [-0.2, -0.15) is 5.10 Å². The minimum atomic E-state index is 0.576. The number of methoxy groups -OCH3 is 1. The zero-order valence-corrected chi connectivity index (χ0v) is 7.37. The van der Waals surface area contributed by atoms with Gasteiger partial charge in [-0.15, -0.1) is 0 Å². The molecule has 0 amide bonds. The van der Waals surface area contributed by atoms with E-state index in [2.05, 4.69) is 10.4 Å². The molecule has 4 nitrogen and oxygen atoms in total. The molecule has 66 valence electrons. The Morgan fingerprint density at radius 1 is 1.67 bits per heavy atom. The van der Waals surface area contributed by atoms with E-state index >= 15 is 0 Å². The van der Waals surface area contributed by atoms with Crippen molar-refractivity contribution in [2.45, 2.75) is 5.92 Å². The summed E-state index contributed by atoms with van der Waals surface area (Å²) in [5.74, 6) is 1.48. The lowest BCUT2D eigenvalue weighted by Gasteiger charge is -2.27. The van der Waals surface area contributed by atoms with Gasteiger partial charge in [0, 0.05) is 26.1 Å². The Labute approximate surface area is 71.5 Å². The fourth-order valence-electron chi connectivity index (χ4n) is 1.53. The monoisotopic (exact) mass is 167 g/mol. The predicted molar refractivity (Wildman–Crippen MR) is 45.4 cm³/mol. The smallest absolute Gasteiger partial charge is 0.160 e. The number of hydrogen-bond donors (Lipinski definition) is 1. The Hall–Kier alpha value is -1.03. The zero-order valence-electron chi connectivity index (χ0n) is 7.37. The quantitative estimate of drug-likeness (QED) is 0.679. The molecule has 1 fully saturated rings. The van der Waals surface area contributed by atoms with Gasteiger partial charge in [0.25, 0.3) is 0 Å². The Morgan fingerprint density at radius 3 is 2.92 bits per heavy atom. The highest BCUT2D eigenvalue weighted by molar-refractivity contribution is 5.30. The van der Waals surface area contributed by atoms with Crippen LogP contribution in [0.5, 0.6) is 5.75 Å². The fourth-order valence-corrected chi connectivity index (χ4v) is 1.53. The van der Waals surface area contributed by atoms with Gasteiger partial charge < -0.3 is 10.1 Å². The van der Waals surface area contributed by atoms with Crippen LogP contribution in [0.15, 0.2) is 6.20 Å². The topological polar surface area (TPSA) is 39.1 Å². The highest BCUT2D eigenvalue weighted by Crippen LogP contribution is 2.27. The molecule has 1 N–H and O–H groups in total. The maximum absolute atomic E-state index is 5.21. The molecule has 2 heterocycles. The molecule has 0 saturated carbocycles. The summed E-state index contributed by atoms with van der Waals surface area (Å²) in [6.45, 7) is 2.08. The van der Waals surface area contributed by atoms with Crippen molar-refractivity contribution in [2.75, 3.05) is 20.2 Å². The second-order valence-corrected chi connectivity index (χ2v) is 3.08. The molecule has 12 heavy (non-hydrogen) atoms. The maximum Gasteiger partial charge on any atom is 0.160 e. The van der Waals surface area contributed by atoms with E-state index in [1.165, 1.54) is 5.69 Å². The summed E-state index contributed by atoms with van der Waals surface area (Å²) in [7, 11) is 3.64. The molecule has 0 aromatic carbocycles. The van der Waals surface area contributed by atoms with Crippen molar-refractivity contribution in [1.29, 1.82) is 0 Å². The lowest BCUT2D eigenvalue weighted by Crippen LogP contribution is -2.41. The summed E-state index contributed by atoms with van der Waals surface area (Å²) in [5, 5.41) is 7.39. The number of aromatic nitrogens is 2. The Morgan fingerprint density at radius 2 is 2.42 bits per heavy atom. The summed E-state index contributed by atoms with van der Waals surface area (Å²) in [6, 6.07) is 0. The van der Waals surface area contributed by atoms with Crippen LogP contribution in [0.1, 0.15) is 11.6 Å². The third-order valence-electron chi connectivity index (χ3n) is 2.34. The normalized spacial score (nSPS) is 17.5. The van der Waals surface area contributed by atoms with Crippen molar-refractivity contribution in [1.82, 2.24) is 15.1 Å². The van der Waals surface area contributed by atoms with E-state index in [9.17, 15) is 0 Å². The Kier molecular flexibility index (Phi) is 1.77. The van der Waals surface area contributed by atoms with Crippen LogP contribution in [0.2, 0.25) is 0 Å². The lowest BCUT2D eigenvalue weighted by atomic mass is 9.99. The third kappa shape index (κ3) is 0.992. The molecule has 0 bridgehead atoms. The predicted octanol–water partition coefficient (Wildman–Crippen LogP) is 0.115. The van der Waals surface area contributed by atoms with Crippen LogP contribution < -0.4 is 10.1 Å². The van der Waals surface area contributed by atoms with Crippen LogP contribution in [0.4, 0.5) is 0 Å². The zero-order chi connectivity index (χ0) is 8.55. The SMILES string of the molecule is COc1cnn(C)c1C1CNC1.